The average Bonchev–Trinajstić information content (AvgIpc) is 2.72. The summed E-state index contributed by atoms with van der Waals surface area (Å²) < 4.78 is 29.3. The zero-order valence-corrected chi connectivity index (χ0v) is 18.7. The van der Waals surface area contributed by atoms with Crippen LogP contribution in [0.4, 0.5) is 17.3 Å². The van der Waals surface area contributed by atoms with Gasteiger partial charge in [0, 0.05) is 28.9 Å². The number of sulfonamides is 1. The molecule has 0 fully saturated rings. The molecule has 10 heteroatoms. The topological polar surface area (TPSA) is 119 Å². The number of nitrogens with two attached hydrogens (primary N) is 1. The fourth-order valence-corrected chi connectivity index (χ4v) is 3.35. The Kier molecular flexibility index (Phi) is 7.32. The lowest BCUT2D eigenvalue weighted by atomic mass is 10.2. The van der Waals surface area contributed by atoms with Crippen LogP contribution in [0.5, 0.6) is 5.75 Å². The van der Waals surface area contributed by atoms with Gasteiger partial charge in [-0.05, 0) is 48.4 Å². The quantitative estimate of drug-likeness (QED) is 0.437. The minimum Gasteiger partial charge on any atom is -0.493 e. The molecular weight excluding hydrogens is 438 g/mol. The van der Waals surface area contributed by atoms with Crippen molar-refractivity contribution in [1.29, 1.82) is 0 Å². The molecule has 4 N–H and O–H groups in total. The lowest BCUT2D eigenvalue weighted by Gasteiger charge is -2.15. The molecule has 1 aromatic heterocycles. The summed E-state index contributed by atoms with van der Waals surface area (Å²) in [6, 6.07) is 13.5. The number of halogens is 1. The molecule has 0 spiro atoms. The molecular formula is C21H24ClN5O3S. The van der Waals surface area contributed by atoms with Crippen LogP contribution in [0.2, 0.25) is 5.02 Å². The zero-order valence-electron chi connectivity index (χ0n) is 17.2. The van der Waals surface area contributed by atoms with E-state index in [0.717, 1.165) is 5.69 Å². The van der Waals surface area contributed by atoms with Gasteiger partial charge in [0.05, 0.1) is 11.5 Å². The van der Waals surface area contributed by atoms with Crippen molar-refractivity contribution in [2.45, 2.75) is 25.3 Å². The van der Waals surface area contributed by atoms with Crippen molar-refractivity contribution in [2.24, 2.45) is 11.1 Å². The summed E-state index contributed by atoms with van der Waals surface area (Å²) in [5.74, 6) is 2.06. The Bertz CT molecular complexity index is 1140. The number of ether oxygens (including phenoxy) is 1. The van der Waals surface area contributed by atoms with Gasteiger partial charge in [-0.15, -0.1) is 0 Å². The van der Waals surface area contributed by atoms with E-state index in [1.807, 2.05) is 26.0 Å². The van der Waals surface area contributed by atoms with E-state index >= 15 is 0 Å². The van der Waals surface area contributed by atoms with Gasteiger partial charge in [-0.25, -0.2) is 23.5 Å². The fourth-order valence-electron chi connectivity index (χ4n) is 2.66. The maximum Gasteiger partial charge on any atom is 0.238 e. The van der Waals surface area contributed by atoms with Crippen LogP contribution < -0.4 is 20.5 Å². The number of nitrogens with zero attached hydrogens (tertiary/aromatic N) is 2. The first-order valence-corrected chi connectivity index (χ1v) is 11.5. The van der Waals surface area contributed by atoms with E-state index in [0.29, 0.717) is 40.5 Å². The van der Waals surface area contributed by atoms with Crippen molar-refractivity contribution in [2.75, 3.05) is 17.2 Å². The predicted molar refractivity (Wildman–Crippen MR) is 122 cm³/mol. The van der Waals surface area contributed by atoms with E-state index in [9.17, 15) is 8.42 Å². The number of nitrogens with one attached hydrogen (secondary N) is 2. The highest BCUT2D eigenvalue weighted by Gasteiger charge is 2.13. The van der Waals surface area contributed by atoms with Crippen molar-refractivity contribution < 1.29 is 13.2 Å². The van der Waals surface area contributed by atoms with E-state index in [1.54, 1.807) is 24.3 Å². The summed E-state index contributed by atoms with van der Waals surface area (Å²) in [7, 11) is -3.83. The van der Waals surface area contributed by atoms with Gasteiger partial charge in [-0.3, -0.25) is 0 Å². The van der Waals surface area contributed by atoms with Crippen LogP contribution in [0.15, 0.2) is 59.8 Å². The molecule has 0 bridgehead atoms. The highest BCUT2D eigenvalue weighted by Crippen LogP contribution is 2.24. The summed E-state index contributed by atoms with van der Waals surface area (Å²) >= 11 is 5.91. The van der Waals surface area contributed by atoms with Crippen LogP contribution in [0.25, 0.3) is 0 Å². The highest BCUT2D eigenvalue weighted by atomic mass is 35.5. The first-order valence-electron chi connectivity index (χ1n) is 9.58. The van der Waals surface area contributed by atoms with E-state index < -0.39 is 10.0 Å². The second-order valence-electron chi connectivity index (χ2n) is 7.29. The monoisotopic (exact) mass is 461 g/mol. The van der Waals surface area contributed by atoms with Crippen molar-refractivity contribution >= 4 is 38.9 Å². The third-order valence-electron chi connectivity index (χ3n) is 4.18. The van der Waals surface area contributed by atoms with Crippen molar-refractivity contribution in [1.82, 2.24) is 9.97 Å². The van der Waals surface area contributed by atoms with Gasteiger partial charge in [-0.1, -0.05) is 25.4 Å². The number of benzene rings is 2. The van der Waals surface area contributed by atoms with Crippen molar-refractivity contribution in [3.8, 4) is 5.75 Å². The molecule has 0 unspecified atom stereocenters. The smallest absolute Gasteiger partial charge is 0.238 e. The molecule has 0 amide bonds. The SMILES string of the molecule is CC(C)COc1ccc(S(N)(=O)=O)cc1CNc1cc(Nc2ccc(Cl)cc2)ncn1. The Morgan fingerprint density at radius 2 is 1.77 bits per heavy atom. The first-order chi connectivity index (χ1) is 14.7. The molecule has 3 rings (SSSR count). The molecule has 0 aliphatic rings. The Morgan fingerprint density at radius 3 is 2.45 bits per heavy atom. The molecule has 0 saturated heterocycles. The molecule has 2 aromatic carbocycles. The Balaban J connectivity index is 1.76. The molecule has 0 aliphatic heterocycles. The first kappa shape index (κ1) is 22.8. The van der Waals surface area contributed by atoms with E-state index in [2.05, 4.69) is 20.6 Å². The Morgan fingerprint density at radius 1 is 1.06 bits per heavy atom. The second-order valence-corrected chi connectivity index (χ2v) is 9.29. The summed E-state index contributed by atoms with van der Waals surface area (Å²) in [4.78, 5) is 8.45. The van der Waals surface area contributed by atoms with Crippen molar-refractivity contribution in [3.63, 3.8) is 0 Å². The lowest BCUT2D eigenvalue weighted by molar-refractivity contribution is 0.268. The maximum absolute atomic E-state index is 11.8. The molecule has 8 nitrogen and oxygen atoms in total. The minimum atomic E-state index is -3.83. The molecule has 0 radical (unpaired) electrons. The highest BCUT2D eigenvalue weighted by molar-refractivity contribution is 7.89. The molecule has 1 heterocycles. The predicted octanol–water partition coefficient (Wildman–Crippen LogP) is 4.17. The third kappa shape index (κ3) is 6.81. The molecule has 164 valence electrons. The van der Waals surface area contributed by atoms with Gasteiger partial charge in [0.2, 0.25) is 10.0 Å². The van der Waals surface area contributed by atoms with Gasteiger partial charge in [-0.2, -0.15) is 0 Å². The number of rotatable bonds is 9. The second kappa shape index (κ2) is 9.95. The van der Waals surface area contributed by atoms with Crippen LogP contribution in [-0.4, -0.2) is 25.0 Å². The van der Waals surface area contributed by atoms with E-state index in [4.69, 9.17) is 21.5 Å². The third-order valence-corrected chi connectivity index (χ3v) is 5.34. The van der Waals surface area contributed by atoms with E-state index in [-0.39, 0.29) is 11.4 Å². The summed E-state index contributed by atoms with van der Waals surface area (Å²) in [5, 5.41) is 12.3. The van der Waals surface area contributed by atoms with Gasteiger partial charge < -0.3 is 15.4 Å². The number of primary sulfonamides is 1. The fraction of sp³-hybridized carbons (Fsp3) is 0.238. The summed E-state index contributed by atoms with van der Waals surface area (Å²) in [6.07, 6.45) is 1.43. The summed E-state index contributed by atoms with van der Waals surface area (Å²) in [6.45, 7) is 4.86. The van der Waals surface area contributed by atoms with E-state index in [1.165, 1.54) is 18.5 Å². The maximum atomic E-state index is 11.8. The van der Waals surface area contributed by atoms with Crippen LogP contribution in [0.1, 0.15) is 19.4 Å². The summed E-state index contributed by atoms with van der Waals surface area (Å²) in [5.41, 5.74) is 1.48. The average molecular weight is 462 g/mol. The van der Waals surface area contributed by atoms with Crippen molar-refractivity contribution in [3.05, 3.63) is 65.4 Å². The number of hydrogen-bond donors (Lipinski definition) is 3. The van der Waals surface area contributed by atoms with Gasteiger partial charge in [0.1, 0.15) is 23.7 Å². The lowest BCUT2D eigenvalue weighted by Crippen LogP contribution is -2.14. The molecule has 31 heavy (non-hydrogen) atoms. The molecule has 0 aliphatic carbocycles. The standard InChI is InChI=1S/C21H24ClN5O3S/c1-14(2)12-30-19-8-7-18(31(23,28)29)9-15(19)11-24-20-10-21(26-13-25-20)27-17-5-3-16(22)4-6-17/h3-10,13-14H,11-12H2,1-2H3,(H2,23,28,29)(H2,24,25,26,27). The number of anilines is 3. The molecule has 0 saturated carbocycles. The zero-order chi connectivity index (χ0) is 22.4. The Labute approximate surface area is 186 Å². The number of hydrogen-bond acceptors (Lipinski definition) is 7. The van der Waals surface area contributed by atoms with Gasteiger partial charge in [0.15, 0.2) is 0 Å². The van der Waals surface area contributed by atoms with Crippen LogP contribution in [0, 0.1) is 5.92 Å². The molecule has 0 atom stereocenters. The Hall–Kier alpha value is -2.88. The van der Waals surface area contributed by atoms with Gasteiger partial charge >= 0.3 is 0 Å². The van der Waals surface area contributed by atoms with Crippen LogP contribution in [0.3, 0.4) is 0 Å². The van der Waals surface area contributed by atoms with Crippen LogP contribution >= 0.6 is 11.6 Å². The number of aromatic nitrogens is 2. The largest absolute Gasteiger partial charge is 0.493 e. The minimum absolute atomic E-state index is 0.0222. The van der Waals surface area contributed by atoms with Crippen LogP contribution in [-0.2, 0) is 16.6 Å². The van der Waals surface area contributed by atoms with Gasteiger partial charge in [0.25, 0.3) is 0 Å². The molecule has 3 aromatic rings. The normalized spacial score (nSPS) is 11.4.